The Morgan fingerprint density at radius 1 is 1.23 bits per heavy atom. The predicted molar refractivity (Wildman–Crippen MR) is 84.3 cm³/mol. The summed E-state index contributed by atoms with van der Waals surface area (Å²) in [6.45, 7) is 0. The van der Waals surface area contributed by atoms with Crippen LogP contribution in [0.2, 0.25) is 0 Å². The summed E-state index contributed by atoms with van der Waals surface area (Å²) in [5, 5.41) is 13.3. The van der Waals surface area contributed by atoms with E-state index in [2.05, 4.69) is 5.32 Å². The third-order valence-electron chi connectivity index (χ3n) is 2.76. The number of non-ortho nitro benzene ring substituents is 1. The zero-order valence-electron chi connectivity index (χ0n) is 11.5. The van der Waals surface area contributed by atoms with Crippen LogP contribution >= 0.6 is 11.8 Å². The molecule has 0 fully saturated rings. The third kappa shape index (κ3) is 4.85. The van der Waals surface area contributed by atoms with E-state index in [1.54, 1.807) is 18.2 Å². The van der Waals surface area contributed by atoms with Gasteiger partial charge < -0.3 is 5.32 Å². The summed E-state index contributed by atoms with van der Waals surface area (Å²) in [6, 6.07) is 11.9. The van der Waals surface area contributed by atoms with E-state index in [0.29, 0.717) is 11.4 Å². The Hall–Kier alpha value is -2.41. The number of rotatable bonds is 6. The number of nitro benzene ring substituents is 1. The van der Waals surface area contributed by atoms with Crippen molar-refractivity contribution in [1.29, 1.82) is 0 Å². The second-order valence-electron chi connectivity index (χ2n) is 4.47. The molecule has 0 radical (unpaired) electrons. The first kappa shape index (κ1) is 16.0. The molecule has 2 aromatic rings. The molecular weight excluding hydrogens is 307 g/mol. The summed E-state index contributed by atoms with van der Waals surface area (Å²) in [5.41, 5.74) is 1.24. The topological polar surface area (TPSA) is 72.2 Å². The van der Waals surface area contributed by atoms with Gasteiger partial charge in [-0.25, -0.2) is 4.39 Å². The van der Waals surface area contributed by atoms with Gasteiger partial charge in [0.25, 0.3) is 5.69 Å². The Morgan fingerprint density at radius 2 is 1.95 bits per heavy atom. The summed E-state index contributed by atoms with van der Waals surface area (Å²) in [6.07, 6.45) is 0. The Morgan fingerprint density at radius 3 is 2.64 bits per heavy atom. The summed E-state index contributed by atoms with van der Waals surface area (Å²) in [5.74, 6) is 0.257. The molecule has 0 saturated carbocycles. The molecule has 0 bridgehead atoms. The van der Waals surface area contributed by atoms with E-state index in [-0.39, 0.29) is 23.2 Å². The van der Waals surface area contributed by atoms with Gasteiger partial charge in [-0.1, -0.05) is 18.2 Å². The van der Waals surface area contributed by atoms with Gasteiger partial charge in [0.15, 0.2) is 0 Å². The standard InChI is InChI=1S/C15H13FN2O3S/c16-12-6-4-11(5-7-12)9-22-10-15(19)17-13-2-1-3-14(8-13)18(20)21/h1-8H,9-10H2,(H,17,19). The van der Waals surface area contributed by atoms with Crippen LogP contribution in [0.5, 0.6) is 0 Å². The number of nitrogens with zero attached hydrogens (tertiary/aromatic N) is 1. The van der Waals surface area contributed by atoms with Gasteiger partial charge >= 0.3 is 0 Å². The molecule has 0 unspecified atom stereocenters. The maximum absolute atomic E-state index is 12.7. The van der Waals surface area contributed by atoms with Crippen LogP contribution in [0.15, 0.2) is 48.5 Å². The van der Waals surface area contributed by atoms with Gasteiger partial charge in [-0.15, -0.1) is 11.8 Å². The molecule has 0 heterocycles. The highest BCUT2D eigenvalue weighted by atomic mass is 32.2. The number of nitro groups is 1. The lowest BCUT2D eigenvalue weighted by molar-refractivity contribution is -0.384. The van der Waals surface area contributed by atoms with E-state index in [4.69, 9.17) is 0 Å². The SMILES string of the molecule is O=C(CSCc1ccc(F)cc1)Nc1cccc([N+](=O)[O-])c1. The van der Waals surface area contributed by atoms with E-state index in [0.717, 1.165) is 5.56 Å². The van der Waals surface area contributed by atoms with Gasteiger partial charge in [0.05, 0.1) is 10.7 Å². The number of hydrogen-bond acceptors (Lipinski definition) is 4. The molecule has 7 heteroatoms. The van der Waals surface area contributed by atoms with Crippen LogP contribution in [0.25, 0.3) is 0 Å². The summed E-state index contributed by atoms with van der Waals surface area (Å²) < 4.78 is 12.7. The van der Waals surface area contributed by atoms with Crippen LogP contribution in [0.1, 0.15) is 5.56 Å². The lowest BCUT2D eigenvalue weighted by atomic mass is 10.2. The van der Waals surface area contributed by atoms with Crippen LogP contribution in [-0.2, 0) is 10.5 Å². The Labute approximate surface area is 130 Å². The van der Waals surface area contributed by atoms with Crippen molar-refractivity contribution in [2.45, 2.75) is 5.75 Å². The van der Waals surface area contributed by atoms with E-state index in [1.165, 1.54) is 42.1 Å². The van der Waals surface area contributed by atoms with Gasteiger partial charge in [-0.2, -0.15) is 0 Å². The number of anilines is 1. The quantitative estimate of drug-likeness (QED) is 0.652. The summed E-state index contributed by atoms with van der Waals surface area (Å²) in [4.78, 5) is 21.9. The molecule has 1 N–H and O–H groups in total. The molecule has 0 aliphatic carbocycles. The number of carbonyl (C=O) groups is 1. The van der Waals surface area contributed by atoms with Crippen molar-refractivity contribution in [2.24, 2.45) is 0 Å². The highest BCUT2D eigenvalue weighted by Crippen LogP contribution is 2.18. The van der Waals surface area contributed by atoms with E-state index < -0.39 is 4.92 Å². The molecule has 0 saturated heterocycles. The minimum absolute atomic E-state index is 0.0724. The molecular formula is C15H13FN2O3S. The summed E-state index contributed by atoms with van der Waals surface area (Å²) in [7, 11) is 0. The smallest absolute Gasteiger partial charge is 0.271 e. The molecule has 5 nitrogen and oxygen atoms in total. The van der Waals surface area contributed by atoms with Gasteiger partial charge in [0.1, 0.15) is 5.82 Å². The molecule has 0 aliphatic heterocycles. The van der Waals surface area contributed by atoms with Crippen molar-refractivity contribution in [2.75, 3.05) is 11.1 Å². The van der Waals surface area contributed by atoms with Crippen LogP contribution in [0.3, 0.4) is 0 Å². The molecule has 0 spiro atoms. The molecule has 1 amide bonds. The zero-order valence-corrected chi connectivity index (χ0v) is 12.3. The lowest BCUT2D eigenvalue weighted by Crippen LogP contribution is -2.14. The fraction of sp³-hybridized carbons (Fsp3) is 0.133. The maximum Gasteiger partial charge on any atom is 0.271 e. The maximum atomic E-state index is 12.7. The molecule has 0 aromatic heterocycles. The van der Waals surface area contributed by atoms with Gasteiger partial charge in [-0.3, -0.25) is 14.9 Å². The van der Waals surface area contributed by atoms with Crippen molar-refractivity contribution in [1.82, 2.24) is 0 Å². The Bertz CT molecular complexity index is 677. The zero-order chi connectivity index (χ0) is 15.9. The third-order valence-corrected chi connectivity index (χ3v) is 3.76. The fourth-order valence-electron chi connectivity index (χ4n) is 1.74. The lowest BCUT2D eigenvalue weighted by Gasteiger charge is -2.05. The van der Waals surface area contributed by atoms with Crippen molar-refractivity contribution < 1.29 is 14.1 Å². The Balaban J connectivity index is 1.81. The number of amides is 1. The van der Waals surface area contributed by atoms with E-state index in [1.807, 2.05) is 0 Å². The first-order chi connectivity index (χ1) is 10.5. The minimum Gasteiger partial charge on any atom is -0.325 e. The van der Waals surface area contributed by atoms with Crippen LogP contribution in [-0.4, -0.2) is 16.6 Å². The Kier molecular flexibility index (Phi) is 5.48. The molecule has 0 atom stereocenters. The summed E-state index contributed by atoms with van der Waals surface area (Å²) >= 11 is 1.38. The molecule has 0 aliphatic rings. The van der Waals surface area contributed by atoms with Crippen LogP contribution in [0, 0.1) is 15.9 Å². The van der Waals surface area contributed by atoms with Gasteiger partial charge in [-0.05, 0) is 23.8 Å². The van der Waals surface area contributed by atoms with Crippen LogP contribution < -0.4 is 5.32 Å². The number of carbonyl (C=O) groups excluding carboxylic acids is 1. The molecule has 2 rings (SSSR count). The second kappa shape index (κ2) is 7.56. The monoisotopic (exact) mass is 320 g/mol. The highest BCUT2D eigenvalue weighted by molar-refractivity contribution is 7.99. The number of hydrogen-bond donors (Lipinski definition) is 1. The average molecular weight is 320 g/mol. The molecule has 114 valence electrons. The van der Waals surface area contributed by atoms with Gasteiger partial charge in [0.2, 0.25) is 5.91 Å². The normalized spacial score (nSPS) is 10.2. The number of thioether (sulfide) groups is 1. The largest absolute Gasteiger partial charge is 0.325 e. The van der Waals surface area contributed by atoms with E-state index in [9.17, 15) is 19.3 Å². The predicted octanol–water partition coefficient (Wildman–Crippen LogP) is 3.61. The van der Waals surface area contributed by atoms with Gasteiger partial charge in [0, 0.05) is 23.6 Å². The van der Waals surface area contributed by atoms with Crippen molar-refractivity contribution in [3.63, 3.8) is 0 Å². The van der Waals surface area contributed by atoms with Crippen LogP contribution in [0.4, 0.5) is 15.8 Å². The van der Waals surface area contributed by atoms with Crippen molar-refractivity contribution in [3.05, 3.63) is 70.0 Å². The molecule has 22 heavy (non-hydrogen) atoms. The first-order valence-corrected chi connectivity index (χ1v) is 7.56. The number of nitrogens with one attached hydrogen (secondary N) is 1. The number of benzene rings is 2. The number of halogens is 1. The highest BCUT2D eigenvalue weighted by Gasteiger charge is 2.08. The van der Waals surface area contributed by atoms with Crippen molar-refractivity contribution in [3.8, 4) is 0 Å². The first-order valence-electron chi connectivity index (χ1n) is 6.41. The second-order valence-corrected chi connectivity index (χ2v) is 5.46. The average Bonchev–Trinajstić information content (AvgIpc) is 2.49. The minimum atomic E-state index is -0.515. The van der Waals surface area contributed by atoms with Crippen molar-refractivity contribution >= 4 is 29.0 Å². The van der Waals surface area contributed by atoms with E-state index >= 15 is 0 Å². The fourth-order valence-corrected chi connectivity index (χ4v) is 2.52. The molecule has 2 aromatic carbocycles.